The Hall–Kier alpha value is -2.08. The summed E-state index contributed by atoms with van der Waals surface area (Å²) in [6, 6.07) is 1.67. The van der Waals surface area contributed by atoms with Crippen LogP contribution in [0.2, 0.25) is 0 Å². The van der Waals surface area contributed by atoms with Crippen molar-refractivity contribution in [1.29, 1.82) is 0 Å². The Morgan fingerprint density at radius 2 is 1.83 bits per heavy atom. The van der Waals surface area contributed by atoms with Crippen molar-refractivity contribution in [1.82, 2.24) is 0 Å². The van der Waals surface area contributed by atoms with E-state index in [9.17, 15) is 9.59 Å². The lowest BCUT2D eigenvalue weighted by Crippen LogP contribution is -2.04. The summed E-state index contributed by atoms with van der Waals surface area (Å²) in [6.07, 6.45) is 0. The van der Waals surface area contributed by atoms with E-state index >= 15 is 0 Å². The summed E-state index contributed by atoms with van der Waals surface area (Å²) < 4.78 is 0.699. The van der Waals surface area contributed by atoms with Crippen molar-refractivity contribution in [2.45, 2.75) is 13.8 Å². The van der Waals surface area contributed by atoms with Crippen molar-refractivity contribution in [2.24, 2.45) is 0 Å². The fraction of sp³-hybridized carbons (Fsp3) is 0.167. The van der Waals surface area contributed by atoms with E-state index in [0.717, 1.165) is 11.3 Å². The molecule has 0 spiro atoms. The van der Waals surface area contributed by atoms with Crippen LogP contribution in [-0.4, -0.2) is 22.2 Å². The highest BCUT2D eigenvalue weighted by molar-refractivity contribution is 7.21. The average molecular weight is 265 g/mol. The predicted octanol–water partition coefficient (Wildman–Crippen LogP) is 2.50. The molecule has 0 aliphatic carbocycles. The van der Waals surface area contributed by atoms with Gasteiger partial charge >= 0.3 is 11.9 Å². The maximum absolute atomic E-state index is 11.2. The van der Waals surface area contributed by atoms with Crippen molar-refractivity contribution in [3.63, 3.8) is 0 Å². The molecule has 0 aliphatic heterocycles. The number of hydrogen-bond acceptors (Lipinski definition) is 4. The zero-order valence-corrected chi connectivity index (χ0v) is 10.6. The molecule has 0 fully saturated rings. The van der Waals surface area contributed by atoms with E-state index in [-0.39, 0.29) is 16.1 Å². The van der Waals surface area contributed by atoms with Gasteiger partial charge in [-0.1, -0.05) is 0 Å². The maximum atomic E-state index is 11.2. The minimum Gasteiger partial charge on any atom is -0.478 e. The highest BCUT2D eigenvalue weighted by atomic mass is 32.1. The van der Waals surface area contributed by atoms with Gasteiger partial charge in [-0.2, -0.15) is 0 Å². The van der Waals surface area contributed by atoms with E-state index in [1.54, 1.807) is 19.9 Å². The first-order chi connectivity index (χ1) is 8.34. The molecule has 1 heterocycles. The third-order valence-electron chi connectivity index (χ3n) is 2.87. The van der Waals surface area contributed by atoms with Crippen LogP contribution in [0.3, 0.4) is 0 Å². The molecule has 4 N–H and O–H groups in total. The summed E-state index contributed by atoms with van der Waals surface area (Å²) in [5.41, 5.74) is 7.24. The van der Waals surface area contributed by atoms with E-state index in [4.69, 9.17) is 15.9 Å². The van der Waals surface area contributed by atoms with Gasteiger partial charge in [0.05, 0.1) is 11.3 Å². The van der Waals surface area contributed by atoms with E-state index in [0.29, 0.717) is 21.2 Å². The number of nitrogens with two attached hydrogens (primary N) is 1. The lowest BCUT2D eigenvalue weighted by Gasteiger charge is -2.07. The van der Waals surface area contributed by atoms with Crippen LogP contribution >= 0.6 is 11.3 Å². The summed E-state index contributed by atoms with van der Waals surface area (Å²) in [4.78, 5) is 22.3. The van der Waals surface area contributed by atoms with Crippen LogP contribution in [0, 0.1) is 13.8 Å². The lowest BCUT2D eigenvalue weighted by atomic mass is 9.98. The van der Waals surface area contributed by atoms with Crippen molar-refractivity contribution in [3.8, 4) is 0 Å². The zero-order chi connectivity index (χ0) is 13.6. The van der Waals surface area contributed by atoms with Gasteiger partial charge in [0, 0.05) is 10.1 Å². The summed E-state index contributed by atoms with van der Waals surface area (Å²) in [6.45, 7) is 3.33. The van der Waals surface area contributed by atoms with E-state index < -0.39 is 11.9 Å². The molecular formula is C12H11NO4S. The average Bonchev–Trinajstić information content (AvgIpc) is 2.55. The van der Waals surface area contributed by atoms with Gasteiger partial charge in [0.25, 0.3) is 0 Å². The van der Waals surface area contributed by atoms with Crippen LogP contribution in [0.15, 0.2) is 6.07 Å². The lowest BCUT2D eigenvalue weighted by molar-refractivity contribution is 0.0688. The molecule has 5 nitrogen and oxygen atoms in total. The highest BCUT2D eigenvalue weighted by Gasteiger charge is 2.21. The van der Waals surface area contributed by atoms with Crippen LogP contribution in [0.4, 0.5) is 5.69 Å². The SMILES string of the molecule is Cc1cc2sc(C(=O)O)c(N)c2c(C)c1C(=O)O. The smallest absolute Gasteiger partial charge is 0.348 e. The number of rotatable bonds is 2. The summed E-state index contributed by atoms with van der Waals surface area (Å²) in [7, 11) is 0. The number of aromatic carboxylic acids is 2. The molecule has 1 aromatic heterocycles. The zero-order valence-electron chi connectivity index (χ0n) is 9.77. The number of nitrogen functional groups attached to an aromatic ring is 1. The normalized spacial score (nSPS) is 10.8. The summed E-state index contributed by atoms with van der Waals surface area (Å²) in [5, 5.41) is 18.7. The number of aryl methyl sites for hydroxylation is 2. The van der Waals surface area contributed by atoms with Crippen molar-refractivity contribution >= 4 is 39.0 Å². The standard InChI is InChI=1S/C12H11NO4S/c1-4-3-6-8(5(2)7(4)11(14)15)9(13)10(18-6)12(16)17/h3H,13H2,1-2H3,(H,14,15)(H,16,17). The molecule has 0 unspecified atom stereocenters. The fourth-order valence-electron chi connectivity index (χ4n) is 2.13. The minimum absolute atomic E-state index is 0.0510. The molecule has 1 aromatic carbocycles. The number of hydrogen-bond donors (Lipinski definition) is 3. The van der Waals surface area contributed by atoms with Gasteiger partial charge < -0.3 is 15.9 Å². The molecular weight excluding hydrogens is 254 g/mol. The van der Waals surface area contributed by atoms with Crippen LogP contribution in [0.25, 0.3) is 10.1 Å². The first kappa shape index (κ1) is 12.4. The Balaban J connectivity index is 2.93. The molecule has 6 heteroatoms. The Morgan fingerprint density at radius 3 is 2.33 bits per heavy atom. The second-order valence-corrected chi connectivity index (χ2v) is 5.07. The maximum Gasteiger partial charge on any atom is 0.348 e. The molecule has 18 heavy (non-hydrogen) atoms. The fourth-order valence-corrected chi connectivity index (χ4v) is 3.25. The highest BCUT2D eigenvalue weighted by Crippen LogP contribution is 2.38. The topological polar surface area (TPSA) is 101 Å². The number of carbonyl (C=O) groups is 2. The van der Waals surface area contributed by atoms with Crippen LogP contribution < -0.4 is 5.73 Å². The van der Waals surface area contributed by atoms with Crippen molar-refractivity contribution < 1.29 is 19.8 Å². The molecule has 0 amide bonds. The summed E-state index contributed by atoms with van der Waals surface area (Å²) >= 11 is 1.06. The number of thiophene rings is 1. The van der Waals surface area contributed by atoms with Crippen molar-refractivity contribution in [2.75, 3.05) is 5.73 Å². The van der Waals surface area contributed by atoms with Crippen LogP contribution in [0.5, 0.6) is 0 Å². The molecule has 0 atom stereocenters. The number of fused-ring (bicyclic) bond motifs is 1. The Bertz CT molecular complexity index is 687. The predicted molar refractivity (Wildman–Crippen MR) is 69.6 cm³/mol. The third kappa shape index (κ3) is 1.62. The van der Waals surface area contributed by atoms with Gasteiger partial charge in [0.15, 0.2) is 0 Å². The van der Waals surface area contributed by atoms with Crippen LogP contribution in [0.1, 0.15) is 31.2 Å². The number of carboxylic acids is 2. The van der Waals surface area contributed by atoms with Gasteiger partial charge in [0.1, 0.15) is 4.88 Å². The second-order valence-electron chi connectivity index (χ2n) is 4.02. The summed E-state index contributed by atoms with van der Waals surface area (Å²) in [5.74, 6) is -2.13. The monoisotopic (exact) mass is 265 g/mol. The van der Waals surface area contributed by atoms with E-state index in [2.05, 4.69) is 0 Å². The van der Waals surface area contributed by atoms with Gasteiger partial charge in [0.2, 0.25) is 0 Å². The quantitative estimate of drug-likeness (QED) is 0.774. The molecule has 2 rings (SSSR count). The Morgan fingerprint density at radius 1 is 1.22 bits per heavy atom. The molecule has 0 saturated carbocycles. The number of anilines is 1. The minimum atomic E-state index is -1.09. The Kier molecular flexibility index (Phi) is 2.74. The molecule has 2 aromatic rings. The first-order valence-electron chi connectivity index (χ1n) is 5.13. The first-order valence-corrected chi connectivity index (χ1v) is 5.95. The third-order valence-corrected chi connectivity index (χ3v) is 4.01. The van der Waals surface area contributed by atoms with Crippen LogP contribution in [-0.2, 0) is 0 Å². The van der Waals surface area contributed by atoms with Gasteiger partial charge in [-0.15, -0.1) is 11.3 Å². The molecule has 94 valence electrons. The van der Waals surface area contributed by atoms with Gasteiger partial charge in [-0.25, -0.2) is 9.59 Å². The number of benzene rings is 1. The second kappa shape index (κ2) is 3.99. The molecule has 0 bridgehead atoms. The molecule has 0 saturated heterocycles. The van der Waals surface area contributed by atoms with E-state index in [1.807, 2.05) is 0 Å². The van der Waals surface area contributed by atoms with Gasteiger partial charge in [-0.05, 0) is 31.0 Å². The van der Waals surface area contributed by atoms with Gasteiger partial charge in [-0.3, -0.25) is 0 Å². The Labute approximate surface area is 106 Å². The molecule has 0 aliphatic rings. The van der Waals surface area contributed by atoms with Crippen molar-refractivity contribution in [3.05, 3.63) is 27.6 Å². The van der Waals surface area contributed by atoms with E-state index in [1.165, 1.54) is 0 Å². The molecule has 0 radical (unpaired) electrons. The number of carboxylic acid groups (broad SMARTS) is 2. The largest absolute Gasteiger partial charge is 0.478 e.